The molecule has 1 N–H and O–H groups in total. The van der Waals surface area contributed by atoms with Crippen molar-refractivity contribution in [3.05, 3.63) is 85.1 Å². The summed E-state index contributed by atoms with van der Waals surface area (Å²) in [7, 11) is 5.97. The van der Waals surface area contributed by atoms with Gasteiger partial charge in [0.25, 0.3) is 6.29 Å². The first-order valence-electron chi connectivity index (χ1n) is 30.8. The summed E-state index contributed by atoms with van der Waals surface area (Å²) in [6, 6.07) is 0. The Morgan fingerprint density at radius 3 is 1.13 bits per heavy atom. The molecular formula is C66H116NO8+. The highest BCUT2D eigenvalue weighted by Gasteiger charge is 2.25. The van der Waals surface area contributed by atoms with Crippen LogP contribution in [0.1, 0.15) is 258 Å². The molecule has 0 fully saturated rings. The van der Waals surface area contributed by atoms with Gasteiger partial charge in [-0.25, -0.2) is 4.79 Å². The highest BCUT2D eigenvalue weighted by Crippen LogP contribution is 2.17. The fraction of sp³-hybridized carbons (Fsp3) is 0.742. The van der Waals surface area contributed by atoms with Crippen molar-refractivity contribution in [1.82, 2.24) is 0 Å². The molecule has 0 aliphatic carbocycles. The first-order valence-corrected chi connectivity index (χ1v) is 30.8. The van der Waals surface area contributed by atoms with Crippen molar-refractivity contribution in [2.24, 2.45) is 0 Å². The number of hydrogen-bond acceptors (Lipinski definition) is 7. The first kappa shape index (κ1) is 71.5. The molecule has 0 aromatic rings. The number of carboxylic acids is 1. The van der Waals surface area contributed by atoms with Crippen molar-refractivity contribution >= 4 is 17.9 Å². The largest absolute Gasteiger partial charge is 0.477 e. The molecular weight excluding hydrogens is 935 g/mol. The SMILES string of the molecule is CC/C=C\C/C=C\C/C=C\C/C=C\C/C=C\C/C=C\C/C=C\CCCCCCCCCCCCCCCCCCCC(=O)OC(COC(=O)CCCCCCCCCCCCC)COC(OCC[N+](C)(C)C)C(=O)O. The molecule has 9 heteroatoms. The van der Waals surface area contributed by atoms with Crippen LogP contribution in [0.4, 0.5) is 0 Å². The molecule has 0 saturated heterocycles. The number of allylic oxidation sites excluding steroid dienone is 14. The minimum atomic E-state index is -1.51. The van der Waals surface area contributed by atoms with E-state index in [2.05, 4.69) is 98.9 Å². The summed E-state index contributed by atoms with van der Waals surface area (Å²) in [6.45, 7) is 4.76. The number of ether oxygens (including phenoxy) is 4. The number of aliphatic carboxylic acids is 1. The zero-order chi connectivity index (χ0) is 54.8. The van der Waals surface area contributed by atoms with Crippen LogP contribution in [0.5, 0.6) is 0 Å². The van der Waals surface area contributed by atoms with Crippen molar-refractivity contribution in [2.75, 3.05) is 47.5 Å². The third-order valence-corrected chi connectivity index (χ3v) is 13.2. The molecule has 432 valence electrons. The molecule has 0 aromatic carbocycles. The van der Waals surface area contributed by atoms with Crippen molar-refractivity contribution in [3.63, 3.8) is 0 Å². The number of esters is 2. The van der Waals surface area contributed by atoms with E-state index in [1.165, 1.54) is 148 Å². The van der Waals surface area contributed by atoms with Crippen LogP contribution in [0.25, 0.3) is 0 Å². The lowest BCUT2D eigenvalue weighted by atomic mass is 10.0. The zero-order valence-electron chi connectivity index (χ0n) is 49.2. The highest BCUT2D eigenvalue weighted by atomic mass is 16.7. The van der Waals surface area contributed by atoms with Gasteiger partial charge in [0.05, 0.1) is 34.4 Å². The maximum atomic E-state index is 12.9. The minimum absolute atomic E-state index is 0.180. The van der Waals surface area contributed by atoms with Gasteiger partial charge in [-0.05, 0) is 70.6 Å². The van der Waals surface area contributed by atoms with E-state index in [-0.39, 0.29) is 32.2 Å². The molecule has 0 aliphatic heterocycles. The molecule has 2 atom stereocenters. The number of carboxylic acid groups (broad SMARTS) is 1. The number of nitrogens with zero attached hydrogens (tertiary/aromatic N) is 1. The van der Waals surface area contributed by atoms with Gasteiger partial charge in [-0.1, -0.05) is 259 Å². The number of hydrogen-bond donors (Lipinski definition) is 1. The smallest absolute Gasteiger partial charge is 0.361 e. The standard InChI is InChI=1S/C66H115NO8/c1-6-8-10-12-14-16-18-19-20-21-22-23-24-25-26-27-28-29-30-31-32-33-34-35-36-37-38-39-40-41-42-43-44-45-47-49-51-53-55-57-64(69)75-62(61-74-66(65(70)71)72-59-58-67(3,4)5)60-73-63(68)56-54-52-50-48-46-17-15-13-11-9-7-2/h8,10,14,16,19-20,22-23,25-26,28-29,31-32,62,66H,6-7,9,11-13,15,17-18,21,24,27,30,33-61H2,1-5H3/p+1/b10-8-,16-14-,20-19-,23-22-,26-25-,29-28-,32-31-. The molecule has 9 nitrogen and oxygen atoms in total. The van der Waals surface area contributed by atoms with E-state index < -0.39 is 24.3 Å². The van der Waals surface area contributed by atoms with Gasteiger partial charge < -0.3 is 28.5 Å². The fourth-order valence-corrected chi connectivity index (χ4v) is 8.47. The van der Waals surface area contributed by atoms with Crippen LogP contribution >= 0.6 is 0 Å². The Kier molecular flexibility index (Phi) is 54.0. The molecule has 0 aliphatic rings. The molecule has 0 radical (unpaired) electrons. The molecule has 0 spiro atoms. The van der Waals surface area contributed by atoms with E-state index in [0.29, 0.717) is 17.4 Å². The highest BCUT2D eigenvalue weighted by molar-refractivity contribution is 5.71. The number of carbonyl (C=O) groups excluding carboxylic acids is 2. The lowest BCUT2D eigenvalue weighted by Crippen LogP contribution is -2.40. The molecule has 0 heterocycles. The summed E-state index contributed by atoms with van der Waals surface area (Å²) < 4.78 is 22.8. The van der Waals surface area contributed by atoms with Crippen LogP contribution in [0.15, 0.2) is 85.1 Å². The quantitative estimate of drug-likeness (QED) is 0.0211. The van der Waals surface area contributed by atoms with Gasteiger partial charge in [-0.2, -0.15) is 0 Å². The van der Waals surface area contributed by atoms with Gasteiger partial charge in [-0.3, -0.25) is 9.59 Å². The van der Waals surface area contributed by atoms with Gasteiger partial charge in [-0.15, -0.1) is 0 Å². The molecule has 2 unspecified atom stereocenters. The summed E-state index contributed by atoms with van der Waals surface area (Å²) >= 11 is 0. The van der Waals surface area contributed by atoms with Gasteiger partial charge in [0, 0.05) is 12.8 Å². The normalized spacial score (nSPS) is 13.3. The summed E-state index contributed by atoms with van der Waals surface area (Å²) in [4.78, 5) is 37.3. The molecule has 75 heavy (non-hydrogen) atoms. The van der Waals surface area contributed by atoms with Gasteiger partial charge in [0.1, 0.15) is 13.2 Å². The zero-order valence-corrected chi connectivity index (χ0v) is 49.2. The van der Waals surface area contributed by atoms with E-state index in [1.807, 2.05) is 21.1 Å². The molecule has 0 amide bonds. The topological polar surface area (TPSA) is 108 Å². The third kappa shape index (κ3) is 58.0. The number of unbranched alkanes of at least 4 members (excludes halogenated alkanes) is 27. The summed E-state index contributed by atoms with van der Waals surface area (Å²) in [6.07, 6.45) is 72.6. The second kappa shape index (κ2) is 56.7. The van der Waals surface area contributed by atoms with Crippen LogP contribution in [0.2, 0.25) is 0 Å². The van der Waals surface area contributed by atoms with Crippen molar-refractivity contribution in [3.8, 4) is 0 Å². The lowest BCUT2D eigenvalue weighted by Gasteiger charge is -2.25. The van der Waals surface area contributed by atoms with Crippen LogP contribution in [0.3, 0.4) is 0 Å². The van der Waals surface area contributed by atoms with Crippen molar-refractivity contribution in [1.29, 1.82) is 0 Å². The van der Waals surface area contributed by atoms with Crippen LogP contribution in [-0.4, -0.2) is 87.4 Å². The van der Waals surface area contributed by atoms with E-state index in [0.717, 1.165) is 83.5 Å². The van der Waals surface area contributed by atoms with Crippen molar-refractivity contribution < 1.29 is 42.9 Å². The monoisotopic (exact) mass is 1050 g/mol. The predicted molar refractivity (Wildman–Crippen MR) is 318 cm³/mol. The Morgan fingerprint density at radius 1 is 0.413 bits per heavy atom. The molecule has 0 rings (SSSR count). The maximum Gasteiger partial charge on any atom is 0.361 e. The minimum Gasteiger partial charge on any atom is -0.477 e. The second-order valence-electron chi connectivity index (χ2n) is 21.6. The van der Waals surface area contributed by atoms with Crippen LogP contribution in [-0.2, 0) is 33.3 Å². The Bertz CT molecular complexity index is 1500. The van der Waals surface area contributed by atoms with E-state index in [4.69, 9.17) is 18.9 Å². The maximum absolute atomic E-state index is 12.9. The Balaban J connectivity index is 3.99. The summed E-state index contributed by atoms with van der Waals surface area (Å²) in [5.41, 5.74) is 0. The average molecular weight is 1050 g/mol. The summed E-state index contributed by atoms with van der Waals surface area (Å²) in [5.74, 6) is -2.00. The van der Waals surface area contributed by atoms with Gasteiger partial charge in [0.2, 0.25) is 0 Å². The van der Waals surface area contributed by atoms with Crippen LogP contribution in [0, 0.1) is 0 Å². The van der Waals surface area contributed by atoms with E-state index >= 15 is 0 Å². The number of carbonyl (C=O) groups is 3. The van der Waals surface area contributed by atoms with Gasteiger partial charge >= 0.3 is 17.9 Å². The Morgan fingerprint density at radius 2 is 0.760 bits per heavy atom. The fourth-order valence-electron chi connectivity index (χ4n) is 8.47. The lowest BCUT2D eigenvalue weighted by molar-refractivity contribution is -0.870. The number of likely N-dealkylation sites (N-methyl/N-ethyl adjacent to an activating group) is 1. The predicted octanol–water partition coefficient (Wildman–Crippen LogP) is 18.3. The first-order chi connectivity index (χ1) is 36.6. The van der Waals surface area contributed by atoms with Crippen molar-refractivity contribution in [2.45, 2.75) is 270 Å². The molecule has 0 saturated carbocycles. The third-order valence-electron chi connectivity index (χ3n) is 13.2. The number of quaternary nitrogens is 1. The van der Waals surface area contributed by atoms with Crippen LogP contribution < -0.4 is 0 Å². The number of rotatable bonds is 56. The second-order valence-corrected chi connectivity index (χ2v) is 21.6. The van der Waals surface area contributed by atoms with Gasteiger partial charge in [0.15, 0.2) is 6.10 Å². The van der Waals surface area contributed by atoms with E-state index in [1.54, 1.807) is 0 Å². The Labute approximate surface area is 461 Å². The molecule has 0 bridgehead atoms. The Hall–Kier alpha value is -3.53. The summed E-state index contributed by atoms with van der Waals surface area (Å²) in [5, 5.41) is 9.68. The van der Waals surface area contributed by atoms with E-state index in [9.17, 15) is 19.5 Å². The molecule has 0 aromatic heterocycles. The average Bonchev–Trinajstić information content (AvgIpc) is 3.38.